The van der Waals surface area contributed by atoms with Crippen LogP contribution in [0.4, 0.5) is 0 Å². The summed E-state index contributed by atoms with van der Waals surface area (Å²) in [6.07, 6.45) is 5.29. The second-order valence-corrected chi connectivity index (χ2v) is 7.16. The third-order valence-electron chi connectivity index (χ3n) is 4.42. The van der Waals surface area contributed by atoms with Gasteiger partial charge in [0.05, 0.1) is 12.3 Å². The molecule has 0 aliphatic carbocycles. The van der Waals surface area contributed by atoms with Crippen LogP contribution in [0.1, 0.15) is 21.7 Å². The molecule has 1 fully saturated rings. The van der Waals surface area contributed by atoms with Gasteiger partial charge in [-0.1, -0.05) is 6.07 Å². The Morgan fingerprint density at radius 3 is 2.84 bits per heavy atom. The Labute approximate surface area is 152 Å². The molecule has 0 radical (unpaired) electrons. The van der Waals surface area contributed by atoms with Crippen molar-refractivity contribution in [1.82, 2.24) is 14.8 Å². The van der Waals surface area contributed by atoms with E-state index in [1.54, 1.807) is 6.08 Å². The number of hydrogen-bond acceptors (Lipinski definition) is 5. The molecule has 1 N–H and O–H groups in total. The number of aliphatic hydroxyl groups excluding tert-OH is 1. The van der Waals surface area contributed by atoms with Gasteiger partial charge in [0.2, 0.25) is 5.91 Å². The minimum atomic E-state index is 0.0377. The maximum atomic E-state index is 12.3. The first-order valence-electron chi connectivity index (χ1n) is 8.44. The summed E-state index contributed by atoms with van der Waals surface area (Å²) in [5.74, 6) is 0.0487. The molecule has 3 rings (SSSR count). The summed E-state index contributed by atoms with van der Waals surface area (Å²) in [6, 6.07) is 5.94. The minimum absolute atomic E-state index is 0.0377. The average Bonchev–Trinajstić information content (AvgIpc) is 3.10. The van der Waals surface area contributed by atoms with Crippen LogP contribution in [-0.4, -0.2) is 52.0 Å². The molecule has 5 nitrogen and oxygen atoms in total. The zero-order chi connectivity index (χ0) is 17.6. The van der Waals surface area contributed by atoms with Crippen molar-refractivity contribution in [3.63, 3.8) is 0 Å². The number of aliphatic hydroxyl groups is 1. The summed E-state index contributed by atoms with van der Waals surface area (Å²) in [4.78, 5) is 22.0. The number of aromatic nitrogens is 1. The van der Waals surface area contributed by atoms with E-state index in [0.29, 0.717) is 0 Å². The Kier molecular flexibility index (Phi) is 5.96. The Hall–Kier alpha value is -2.02. The normalized spacial score (nSPS) is 15.8. The number of thiophene rings is 1. The highest BCUT2D eigenvalue weighted by Gasteiger charge is 2.20. The van der Waals surface area contributed by atoms with Gasteiger partial charge in [-0.2, -0.15) is 0 Å². The highest BCUT2D eigenvalue weighted by molar-refractivity contribution is 7.11. The summed E-state index contributed by atoms with van der Waals surface area (Å²) in [5, 5.41) is 11.0. The van der Waals surface area contributed by atoms with Gasteiger partial charge in [0.15, 0.2) is 0 Å². The van der Waals surface area contributed by atoms with Crippen molar-refractivity contribution in [2.45, 2.75) is 20.1 Å². The summed E-state index contributed by atoms with van der Waals surface area (Å²) < 4.78 is 0. The van der Waals surface area contributed by atoms with Crippen LogP contribution in [0.5, 0.6) is 0 Å². The van der Waals surface area contributed by atoms with E-state index in [-0.39, 0.29) is 12.5 Å². The number of hydrogen-bond donors (Lipinski definition) is 1. The highest BCUT2D eigenvalue weighted by Crippen LogP contribution is 2.16. The van der Waals surface area contributed by atoms with Gasteiger partial charge >= 0.3 is 0 Å². The number of amides is 1. The van der Waals surface area contributed by atoms with Crippen molar-refractivity contribution < 1.29 is 9.90 Å². The van der Waals surface area contributed by atoms with E-state index in [1.807, 2.05) is 34.7 Å². The fourth-order valence-corrected chi connectivity index (χ4v) is 3.64. The van der Waals surface area contributed by atoms with Crippen LogP contribution >= 0.6 is 11.3 Å². The smallest absolute Gasteiger partial charge is 0.246 e. The molecule has 6 heteroatoms. The van der Waals surface area contributed by atoms with Crippen LogP contribution in [0.15, 0.2) is 35.9 Å². The van der Waals surface area contributed by atoms with Crippen molar-refractivity contribution in [3.8, 4) is 0 Å². The zero-order valence-electron chi connectivity index (χ0n) is 14.4. The van der Waals surface area contributed by atoms with E-state index in [4.69, 9.17) is 5.11 Å². The van der Waals surface area contributed by atoms with E-state index in [0.717, 1.165) is 48.9 Å². The number of carbonyl (C=O) groups is 1. The summed E-state index contributed by atoms with van der Waals surface area (Å²) in [5.41, 5.74) is 3.21. The summed E-state index contributed by atoms with van der Waals surface area (Å²) in [7, 11) is 0. The van der Waals surface area contributed by atoms with Gasteiger partial charge in [0, 0.05) is 49.9 Å². The molecule has 1 aliphatic rings. The van der Waals surface area contributed by atoms with Gasteiger partial charge in [-0.3, -0.25) is 14.7 Å². The number of pyridine rings is 1. The lowest BCUT2D eigenvalue weighted by atomic mass is 10.2. The Balaban J connectivity index is 1.50. The first kappa shape index (κ1) is 17.8. The molecule has 1 aliphatic heterocycles. The SMILES string of the molecule is Cc1cccnc1CN1CCN(C(=O)C=Cc2cc(CO)cs2)CC1. The van der Waals surface area contributed by atoms with Crippen molar-refractivity contribution in [1.29, 1.82) is 0 Å². The maximum absolute atomic E-state index is 12.3. The quantitative estimate of drug-likeness (QED) is 0.835. The van der Waals surface area contributed by atoms with Crippen LogP contribution in [0, 0.1) is 6.92 Å². The number of carbonyl (C=O) groups excluding carboxylic acids is 1. The lowest BCUT2D eigenvalue weighted by molar-refractivity contribution is -0.127. The molecule has 1 amide bonds. The van der Waals surface area contributed by atoms with Crippen LogP contribution in [-0.2, 0) is 17.9 Å². The van der Waals surface area contributed by atoms with Gasteiger partial charge in [0.25, 0.3) is 0 Å². The Bertz CT molecular complexity index is 749. The van der Waals surface area contributed by atoms with E-state index >= 15 is 0 Å². The minimum Gasteiger partial charge on any atom is -0.392 e. The van der Waals surface area contributed by atoms with E-state index in [1.165, 1.54) is 16.9 Å². The summed E-state index contributed by atoms with van der Waals surface area (Å²) >= 11 is 1.53. The molecule has 0 unspecified atom stereocenters. The first-order chi connectivity index (χ1) is 12.2. The maximum Gasteiger partial charge on any atom is 0.246 e. The van der Waals surface area contributed by atoms with Gasteiger partial charge in [-0.05, 0) is 41.6 Å². The Morgan fingerprint density at radius 2 is 2.16 bits per heavy atom. The van der Waals surface area contributed by atoms with Crippen molar-refractivity contribution >= 4 is 23.3 Å². The predicted molar refractivity (Wildman–Crippen MR) is 100 cm³/mol. The average molecular weight is 357 g/mol. The van der Waals surface area contributed by atoms with Crippen LogP contribution in [0.25, 0.3) is 6.08 Å². The first-order valence-corrected chi connectivity index (χ1v) is 9.32. The highest BCUT2D eigenvalue weighted by atomic mass is 32.1. The van der Waals surface area contributed by atoms with Crippen LogP contribution in [0.2, 0.25) is 0 Å². The molecule has 0 bridgehead atoms. The second-order valence-electron chi connectivity index (χ2n) is 6.22. The molecular weight excluding hydrogens is 334 g/mol. The van der Waals surface area contributed by atoms with E-state index in [2.05, 4.69) is 22.9 Å². The standard InChI is InChI=1S/C19H23N3O2S/c1-15-3-2-6-20-18(15)12-21-7-9-22(10-8-21)19(24)5-4-17-11-16(13-23)14-25-17/h2-6,11,14,23H,7-10,12-13H2,1H3. The molecule has 132 valence electrons. The van der Waals surface area contributed by atoms with Gasteiger partial charge in [-0.15, -0.1) is 11.3 Å². The second kappa shape index (κ2) is 8.38. The molecule has 3 heterocycles. The molecule has 0 atom stereocenters. The zero-order valence-corrected chi connectivity index (χ0v) is 15.2. The molecule has 2 aromatic rings. The number of rotatable bonds is 5. The number of aryl methyl sites for hydroxylation is 1. The third kappa shape index (κ3) is 4.75. The largest absolute Gasteiger partial charge is 0.392 e. The summed E-state index contributed by atoms with van der Waals surface area (Å²) in [6.45, 7) is 6.16. The predicted octanol–water partition coefficient (Wildman–Crippen LogP) is 2.30. The molecule has 0 aromatic carbocycles. The molecule has 2 aromatic heterocycles. The van der Waals surface area contributed by atoms with Crippen LogP contribution in [0.3, 0.4) is 0 Å². The lowest BCUT2D eigenvalue weighted by Gasteiger charge is -2.34. The van der Waals surface area contributed by atoms with E-state index in [9.17, 15) is 4.79 Å². The third-order valence-corrected chi connectivity index (χ3v) is 5.37. The Morgan fingerprint density at radius 1 is 1.36 bits per heavy atom. The number of nitrogens with zero attached hydrogens (tertiary/aromatic N) is 3. The molecule has 25 heavy (non-hydrogen) atoms. The molecular formula is C19H23N3O2S. The van der Waals surface area contributed by atoms with Crippen molar-refractivity contribution in [2.24, 2.45) is 0 Å². The molecule has 0 spiro atoms. The lowest BCUT2D eigenvalue weighted by Crippen LogP contribution is -2.47. The van der Waals surface area contributed by atoms with Crippen LogP contribution < -0.4 is 0 Å². The van der Waals surface area contributed by atoms with Gasteiger partial charge in [-0.25, -0.2) is 0 Å². The molecule has 1 saturated heterocycles. The van der Waals surface area contributed by atoms with Crippen molar-refractivity contribution in [2.75, 3.05) is 26.2 Å². The number of piperazine rings is 1. The fourth-order valence-electron chi connectivity index (χ4n) is 2.85. The van der Waals surface area contributed by atoms with Gasteiger partial charge in [0.1, 0.15) is 0 Å². The fraction of sp³-hybridized carbons (Fsp3) is 0.368. The van der Waals surface area contributed by atoms with E-state index < -0.39 is 0 Å². The van der Waals surface area contributed by atoms with Crippen molar-refractivity contribution in [3.05, 3.63) is 57.6 Å². The monoisotopic (exact) mass is 357 g/mol. The molecule has 0 saturated carbocycles. The van der Waals surface area contributed by atoms with Gasteiger partial charge < -0.3 is 10.0 Å². The topological polar surface area (TPSA) is 56.7 Å².